The molecule has 2 aromatic rings. The molecule has 0 saturated heterocycles. The number of nitrogens with zero attached hydrogens (tertiary/aromatic N) is 2. The molecule has 2 amide bonds. The monoisotopic (exact) mass is 457 g/mol. The first kappa shape index (κ1) is 23.7. The maximum absolute atomic E-state index is 13.3. The Labute approximate surface area is 192 Å². The third-order valence-corrected chi connectivity index (χ3v) is 6.17. The predicted molar refractivity (Wildman–Crippen MR) is 123 cm³/mol. The van der Waals surface area contributed by atoms with Crippen molar-refractivity contribution in [1.29, 1.82) is 0 Å². The van der Waals surface area contributed by atoms with Gasteiger partial charge in [-0.3, -0.25) is 19.7 Å². The molecule has 1 atom stereocenters. The molecular weight excluding hydrogens is 430 g/mol. The molecule has 8 heteroatoms. The Balaban J connectivity index is 1.80. The number of carbonyl (C=O) groups is 2. The zero-order valence-corrected chi connectivity index (χ0v) is 18.9. The summed E-state index contributed by atoms with van der Waals surface area (Å²) in [5.41, 5.74) is 1.04. The molecular formula is C24H28ClN3O4. The topological polar surface area (TPSA) is 92.6 Å². The molecule has 1 aliphatic rings. The number of nitro groups is 1. The summed E-state index contributed by atoms with van der Waals surface area (Å²) in [6, 6.07) is 12.7. The van der Waals surface area contributed by atoms with Crippen molar-refractivity contribution < 1.29 is 14.5 Å². The van der Waals surface area contributed by atoms with E-state index in [4.69, 9.17) is 11.6 Å². The minimum atomic E-state index is -0.720. The molecule has 0 radical (unpaired) electrons. The van der Waals surface area contributed by atoms with E-state index in [0.29, 0.717) is 10.6 Å². The van der Waals surface area contributed by atoms with Crippen molar-refractivity contribution in [2.24, 2.45) is 0 Å². The van der Waals surface area contributed by atoms with Crippen molar-refractivity contribution in [3.05, 3.63) is 74.8 Å². The van der Waals surface area contributed by atoms with Crippen molar-refractivity contribution in [3.63, 3.8) is 0 Å². The Morgan fingerprint density at radius 1 is 1.12 bits per heavy atom. The lowest BCUT2D eigenvalue weighted by atomic mass is 9.95. The van der Waals surface area contributed by atoms with E-state index >= 15 is 0 Å². The van der Waals surface area contributed by atoms with Crippen LogP contribution in [0.15, 0.2) is 48.5 Å². The largest absolute Gasteiger partial charge is 0.352 e. The third kappa shape index (κ3) is 6.29. The van der Waals surface area contributed by atoms with Crippen molar-refractivity contribution >= 4 is 29.1 Å². The van der Waals surface area contributed by atoms with Crippen LogP contribution in [-0.4, -0.2) is 33.7 Å². The Bertz CT molecular complexity index is 958. The third-order valence-electron chi connectivity index (χ3n) is 5.92. The van der Waals surface area contributed by atoms with Gasteiger partial charge < -0.3 is 10.2 Å². The van der Waals surface area contributed by atoms with E-state index in [1.54, 1.807) is 49.4 Å². The highest BCUT2D eigenvalue weighted by atomic mass is 35.5. The number of nitrogens with one attached hydrogen (secondary N) is 1. The van der Waals surface area contributed by atoms with Crippen molar-refractivity contribution in [2.75, 3.05) is 0 Å². The molecule has 1 fully saturated rings. The van der Waals surface area contributed by atoms with E-state index < -0.39 is 11.0 Å². The van der Waals surface area contributed by atoms with Gasteiger partial charge in [0.2, 0.25) is 11.8 Å². The second-order valence-electron chi connectivity index (χ2n) is 8.23. The van der Waals surface area contributed by atoms with E-state index in [1.807, 2.05) is 0 Å². The van der Waals surface area contributed by atoms with Gasteiger partial charge in [-0.1, -0.05) is 61.2 Å². The van der Waals surface area contributed by atoms with Crippen molar-refractivity contribution in [1.82, 2.24) is 10.2 Å². The van der Waals surface area contributed by atoms with Gasteiger partial charge >= 0.3 is 0 Å². The summed E-state index contributed by atoms with van der Waals surface area (Å²) in [4.78, 5) is 38.6. The Morgan fingerprint density at radius 3 is 2.44 bits per heavy atom. The maximum Gasteiger partial charge on any atom is 0.273 e. The zero-order chi connectivity index (χ0) is 23.1. The summed E-state index contributed by atoms with van der Waals surface area (Å²) < 4.78 is 0. The Kier molecular flexibility index (Phi) is 8.22. The van der Waals surface area contributed by atoms with Gasteiger partial charge in [0.05, 0.1) is 11.3 Å². The van der Waals surface area contributed by atoms with Gasteiger partial charge in [-0.25, -0.2) is 0 Å². The Morgan fingerprint density at radius 2 is 1.78 bits per heavy atom. The molecule has 0 bridgehead atoms. The molecule has 170 valence electrons. The smallest absolute Gasteiger partial charge is 0.273 e. The Hall–Kier alpha value is -2.93. The minimum Gasteiger partial charge on any atom is -0.352 e. The fourth-order valence-corrected chi connectivity index (χ4v) is 4.17. The van der Waals surface area contributed by atoms with E-state index in [1.165, 1.54) is 17.4 Å². The first-order chi connectivity index (χ1) is 15.3. The van der Waals surface area contributed by atoms with Gasteiger partial charge in [0.15, 0.2) is 0 Å². The molecule has 0 aliphatic heterocycles. The van der Waals surface area contributed by atoms with Crippen LogP contribution < -0.4 is 5.32 Å². The highest BCUT2D eigenvalue weighted by molar-refractivity contribution is 6.30. The zero-order valence-electron chi connectivity index (χ0n) is 18.1. The number of halogens is 1. The second kappa shape index (κ2) is 11.1. The number of benzene rings is 2. The molecule has 2 aromatic carbocycles. The molecule has 1 N–H and O–H groups in total. The summed E-state index contributed by atoms with van der Waals surface area (Å²) in [6.45, 7) is 1.90. The van der Waals surface area contributed by atoms with Crippen LogP contribution in [0.5, 0.6) is 0 Å². The van der Waals surface area contributed by atoms with Crippen LogP contribution in [0.1, 0.15) is 50.2 Å². The highest BCUT2D eigenvalue weighted by Crippen LogP contribution is 2.22. The minimum absolute atomic E-state index is 0.105. The van der Waals surface area contributed by atoms with Crippen LogP contribution in [-0.2, 0) is 22.6 Å². The second-order valence-corrected chi connectivity index (χ2v) is 8.67. The van der Waals surface area contributed by atoms with Gasteiger partial charge in [0, 0.05) is 29.2 Å². The lowest BCUT2D eigenvalue weighted by Crippen LogP contribution is -2.50. The SMILES string of the molecule is C[C@H](C(=O)NC1CCCCC1)N(Cc1ccc(Cl)cc1)C(=O)Cc1ccccc1[N+](=O)[O-]. The lowest BCUT2D eigenvalue weighted by Gasteiger charge is -2.31. The molecule has 1 saturated carbocycles. The average Bonchev–Trinajstić information content (AvgIpc) is 2.79. The van der Waals surface area contributed by atoms with Gasteiger partial charge in [0.1, 0.15) is 6.04 Å². The van der Waals surface area contributed by atoms with Crippen LogP contribution in [0.2, 0.25) is 5.02 Å². The fraction of sp³-hybridized carbons (Fsp3) is 0.417. The first-order valence-electron chi connectivity index (χ1n) is 10.9. The van der Waals surface area contributed by atoms with Crippen LogP contribution in [0.25, 0.3) is 0 Å². The van der Waals surface area contributed by atoms with Crippen LogP contribution in [0.3, 0.4) is 0 Å². The van der Waals surface area contributed by atoms with E-state index in [2.05, 4.69) is 5.32 Å². The summed E-state index contributed by atoms with van der Waals surface area (Å²) in [5, 5.41) is 15.0. The quantitative estimate of drug-likeness (QED) is 0.461. The summed E-state index contributed by atoms with van der Waals surface area (Å²) >= 11 is 5.98. The summed E-state index contributed by atoms with van der Waals surface area (Å²) in [6.07, 6.45) is 5.08. The number of amides is 2. The predicted octanol–water partition coefficient (Wildman–Crippen LogP) is 4.66. The standard InChI is InChI=1S/C24H28ClN3O4/c1-17(24(30)26-21-8-3-2-4-9-21)27(16-18-11-13-20(25)14-12-18)23(29)15-19-7-5-6-10-22(19)28(31)32/h5-7,10-14,17,21H,2-4,8-9,15-16H2,1H3,(H,26,30)/t17-/m1/s1. The van der Waals surface area contributed by atoms with Crippen molar-refractivity contribution in [2.45, 2.75) is 64.1 Å². The molecule has 0 heterocycles. The van der Waals surface area contributed by atoms with E-state index in [-0.39, 0.29) is 36.5 Å². The van der Waals surface area contributed by atoms with Gasteiger partial charge in [-0.05, 0) is 37.5 Å². The van der Waals surface area contributed by atoms with Crippen LogP contribution in [0, 0.1) is 10.1 Å². The number of rotatable bonds is 8. The van der Waals surface area contributed by atoms with Crippen LogP contribution >= 0.6 is 11.6 Å². The lowest BCUT2D eigenvalue weighted by molar-refractivity contribution is -0.385. The number of hydrogen-bond acceptors (Lipinski definition) is 4. The molecule has 7 nitrogen and oxygen atoms in total. The van der Waals surface area contributed by atoms with Gasteiger partial charge in [-0.15, -0.1) is 0 Å². The normalized spacial score (nSPS) is 15.1. The highest BCUT2D eigenvalue weighted by Gasteiger charge is 2.29. The fourth-order valence-electron chi connectivity index (χ4n) is 4.04. The summed E-state index contributed by atoms with van der Waals surface area (Å²) in [5.74, 6) is -0.553. The van der Waals surface area contributed by atoms with Crippen LogP contribution in [0.4, 0.5) is 5.69 Å². The van der Waals surface area contributed by atoms with Crippen molar-refractivity contribution in [3.8, 4) is 0 Å². The molecule has 0 unspecified atom stereocenters. The molecule has 0 aromatic heterocycles. The number of para-hydroxylation sites is 1. The van der Waals surface area contributed by atoms with E-state index in [0.717, 1.165) is 31.2 Å². The maximum atomic E-state index is 13.3. The van der Waals surface area contributed by atoms with Gasteiger partial charge in [-0.2, -0.15) is 0 Å². The molecule has 1 aliphatic carbocycles. The molecule has 0 spiro atoms. The molecule has 3 rings (SSSR count). The van der Waals surface area contributed by atoms with E-state index in [9.17, 15) is 19.7 Å². The number of hydrogen-bond donors (Lipinski definition) is 1. The summed E-state index contributed by atoms with van der Waals surface area (Å²) in [7, 11) is 0. The number of carbonyl (C=O) groups excluding carboxylic acids is 2. The van der Waals surface area contributed by atoms with Gasteiger partial charge in [0.25, 0.3) is 5.69 Å². The number of nitro benzene ring substituents is 1. The first-order valence-corrected chi connectivity index (χ1v) is 11.3. The average molecular weight is 458 g/mol. The molecule has 32 heavy (non-hydrogen) atoms.